The average Bonchev–Trinajstić information content (AvgIpc) is 2.26. The van der Waals surface area contributed by atoms with Crippen LogP contribution in [0.2, 0.25) is 5.02 Å². The van der Waals surface area contributed by atoms with E-state index in [1.165, 1.54) is 6.20 Å². The van der Waals surface area contributed by atoms with Crippen molar-refractivity contribution in [1.29, 1.82) is 0 Å². The van der Waals surface area contributed by atoms with Crippen LogP contribution in [0.25, 0.3) is 0 Å². The molecule has 1 aromatic rings. The zero-order valence-electron chi connectivity index (χ0n) is 9.10. The van der Waals surface area contributed by atoms with E-state index in [-0.39, 0.29) is 18.0 Å². The fourth-order valence-corrected chi connectivity index (χ4v) is 2.13. The summed E-state index contributed by atoms with van der Waals surface area (Å²) >= 11 is 6.03. The Balaban J connectivity index is 2.21. The standard InChI is InChI=1S/C10H15ClN4O/c1-6-5-15(3-2-8(6)16)9-7(11)4-13-10(12)14-9/h4,6,8,16H,2-3,5H2,1H3,(H2,12,13,14). The Morgan fingerprint density at radius 2 is 2.38 bits per heavy atom. The van der Waals surface area contributed by atoms with Crippen LogP contribution in [0.4, 0.5) is 11.8 Å². The molecule has 1 saturated heterocycles. The number of rotatable bonds is 1. The molecule has 1 fully saturated rings. The Kier molecular flexibility index (Phi) is 3.16. The summed E-state index contributed by atoms with van der Waals surface area (Å²) in [5.41, 5.74) is 5.54. The second-order valence-electron chi connectivity index (χ2n) is 4.18. The summed E-state index contributed by atoms with van der Waals surface area (Å²) in [4.78, 5) is 10.0. The van der Waals surface area contributed by atoms with Crippen LogP contribution in [-0.2, 0) is 0 Å². The summed E-state index contributed by atoms with van der Waals surface area (Å²) in [7, 11) is 0. The fraction of sp³-hybridized carbons (Fsp3) is 0.600. The SMILES string of the molecule is CC1CN(c2nc(N)ncc2Cl)CCC1O. The lowest BCUT2D eigenvalue weighted by Crippen LogP contribution is -2.42. The molecule has 1 aliphatic rings. The number of hydrogen-bond acceptors (Lipinski definition) is 5. The Labute approximate surface area is 99.3 Å². The number of aromatic nitrogens is 2. The smallest absolute Gasteiger partial charge is 0.222 e. The number of nitrogens with zero attached hydrogens (tertiary/aromatic N) is 3. The van der Waals surface area contributed by atoms with E-state index >= 15 is 0 Å². The number of nitrogens with two attached hydrogens (primary N) is 1. The molecule has 0 radical (unpaired) electrons. The first-order valence-corrected chi connectivity index (χ1v) is 5.66. The number of anilines is 2. The maximum absolute atomic E-state index is 9.65. The minimum absolute atomic E-state index is 0.209. The summed E-state index contributed by atoms with van der Waals surface area (Å²) in [6.07, 6.45) is 1.99. The van der Waals surface area contributed by atoms with E-state index in [2.05, 4.69) is 9.97 Å². The molecule has 2 rings (SSSR count). The Morgan fingerprint density at radius 3 is 3.06 bits per heavy atom. The first-order valence-electron chi connectivity index (χ1n) is 5.29. The number of hydrogen-bond donors (Lipinski definition) is 2. The average molecular weight is 243 g/mol. The van der Waals surface area contributed by atoms with Gasteiger partial charge in [0.15, 0.2) is 5.82 Å². The van der Waals surface area contributed by atoms with Gasteiger partial charge in [-0.05, 0) is 12.3 Å². The zero-order valence-corrected chi connectivity index (χ0v) is 9.85. The molecule has 1 aromatic heterocycles. The fourth-order valence-electron chi connectivity index (χ4n) is 1.92. The number of nitrogen functional groups attached to an aromatic ring is 1. The van der Waals surface area contributed by atoms with Crippen molar-refractivity contribution in [3.63, 3.8) is 0 Å². The second kappa shape index (κ2) is 4.43. The van der Waals surface area contributed by atoms with E-state index in [9.17, 15) is 5.11 Å². The van der Waals surface area contributed by atoms with Crippen molar-refractivity contribution < 1.29 is 5.11 Å². The molecular weight excluding hydrogens is 228 g/mol. The van der Waals surface area contributed by atoms with Crippen molar-refractivity contribution in [3.05, 3.63) is 11.2 Å². The van der Waals surface area contributed by atoms with Gasteiger partial charge in [0.05, 0.1) is 12.3 Å². The van der Waals surface area contributed by atoms with Crippen molar-refractivity contribution in [2.75, 3.05) is 23.7 Å². The van der Waals surface area contributed by atoms with Crippen molar-refractivity contribution in [3.8, 4) is 0 Å². The third-order valence-corrected chi connectivity index (χ3v) is 3.17. The summed E-state index contributed by atoms with van der Waals surface area (Å²) in [6, 6.07) is 0. The van der Waals surface area contributed by atoms with Crippen molar-refractivity contribution in [2.24, 2.45) is 5.92 Å². The van der Waals surface area contributed by atoms with Gasteiger partial charge in [-0.25, -0.2) is 4.98 Å². The molecule has 2 atom stereocenters. The Bertz CT molecular complexity index is 387. The van der Waals surface area contributed by atoms with E-state index in [1.54, 1.807) is 0 Å². The number of aliphatic hydroxyl groups is 1. The number of halogens is 1. The largest absolute Gasteiger partial charge is 0.393 e. The first kappa shape index (κ1) is 11.4. The zero-order chi connectivity index (χ0) is 11.7. The molecule has 2 heterocycles. The van der Waals surface area contributed by atoms with E-state index in [1.807, 2.05) is 11.8 Å². The van der Waals surface area contributed by atoms with Gasteiger partial charge in [0.1, 0.15) is 5.02 Å². The molecule has 3 N–H and O–H groups in total. The predicted molar refractivity (Wildman–Crippen MR) is 63.5 cm³/mol. The molecule has 16 heavy (non-hydrogen) atoms. The lowest BCUT2D eigenvalue weighted by molar-refractivity contribution is 0.0969. The number of piperidine rings is 1. The van der Waals surface area contributed by atoms with E-state index < -0.39 is 0 Å². The van der Waals surface area contributed by atoms with Crippen LogP contribution < -0.4 is 10.6 Å². The highest BCUT2D eigenvalue weighted by molar-refractivity contribution is 6.32. The third kappa shape index (κ3) is 2.20. The van der Waals surface area contributed by atoms with E-state index in [0.29, 0.717) is 10.8 Å². The molecule has 0 saturated carbocycles. The van der Waals surface area contributed by atoms with Crippen molar-refractivity contribution in [2.45, 2.75) is 19.4 Å². The first-order chi connectivity index (χ1) is 7.58. The highest BCUT2D eigenvalue weighted by Crippen LogP contribution is 2.27. The second-order valence-corrected chi connectivity index (χ2v) is 4.59. The topological polar surface area (TPSA) is 75.3 Å². The van der Waals surface area contributed by atoms with Crippen LogP contribution in [0.5, 0.6) is 0 Å². The lowest BCUT2D eigenvalue weighted by atomic mass is 9.97. The number of aliphatic hydroxyl groups excluding tert-OH is 1. The van der Waals surface area contributed by atoms with Crippen LogP contribution in [0.1, 0.15) is 13.3 Å². The van der Waals surface area contributed by atoms with Gasteiger partial charge in [-0.15, -0.1) is 0 Å². The third-order valence-electron chi connectivity index (χ3n) is 2.90. The normalized spacial score (nSPS) is 25.8. The van der Waals surface area contributed by atoms with E-state index in [0.717, 1.165) is 19.5 Å². The molecule has 6 heteroatoms. The molecule has 0 aromatic carbocycles. The van der Waals surface area contributed by atoms with Gasteiger partial charge in [0.2, 0.25) is 5.95 Å². The monoisotopic (exact) mass is 242 g/mol. The summed E-state index contributed by atoms with van der Waals surface area (Å²) < 4.78 is 0. The molecule has 0 amide bonds. The summed E-state index contributed by atoms with van der Waals surface area (Å²) in [5, 5.41) is 10.1. The van der Waals surface area contributed by atoms with Crippen LogP contribution in [0.15, 0.2) is 6.20 Å². The van der Waals surface area contributed by atoms with Crippen LogP contribution in [0.3, 0.4) is 0 Å². The van der Waals surface area contributed by atoms with Crippen molar-refractivity contribution in [1.82, 2.24) is 9.97 Å². The lowest BCUT2D eigenvalue weighted by Gasteiger charge is -2.35. The predicted octanol–water partition coefficient (Wildman–Crippen LogP) is 0.919. The van der Waals surface area contributed by atoms with Crippen LogP contribution in [-0.4, -0.2) is 34.3 Å². The molecule has 88 valence electrons. The highest BCUT2D eigenvalue weighted by Gasteiger charge is 2.26. The Hall–Kier alpha value is -1.07. The van der Waals surface area contributed by atoms with Crippen molar-refractivity contribution >= 4 is 23.4 Å². The maximum Gasteiger partial charge on any atom is 0.222 e. The molecule has 1 aliphatic heterocycles. The minimum atomic E-state index is -0.241. The molecule has 0 bridgehead atoms. The summed E-state index contributed by atoms with van der Waals surface area (Å²) in [6.45, 7) is 3.48. The van der Waals surface area contributed by atoms with Gasteiger partial charge >= 0.3 is 0 Å². The quantitative estimate of drug-likeness (QED) is 0.766. The van der Waals surface area contributed by atoms with Gasteiger partial charge in [-0.1, -0.05) is 18.5 Å². The maximum atomic E-state index is 9.65. The van der Waals surface area contributed by atoms with Gasteiger partial charge < -0.3 is 15.7 Å². The highest BCUT2D eigenvalue weighted by atomic mass is 35.5. The molecule has 0 aliphatic carbocycles. The van der Waals surface area contributed by atoms with Gasteiger partial charge in [0.25, 0.3) is 0 Å². The molecule has 2 unspecified atom stereocenters. The Morgan fingerprint density at radius 1 is 1.62 bits per heavy atom. The van der Waals surface area contributed by atoms with Crippen LogP contribution in [0, 0.1) is 5.92 Å². The molecular formula is C10H15ClN4O. The summed E-state index contributed by atoms with van der Waals surface area (Å²) in [5.74, 6) is 1.09. The van der Waals surface area contributed by atoms with E-state index in [4.69, 9.17) is 17.3 Å². The molecule has 0 spiro atoms. The molecule has 5 nitrogen and oxygen atoms in total. The minimum Gasteiger partial charge on any atom is -0.393 e. The van der Waals surface area contributed by atoms with Gasteiger partial charge in [0, 0.05) is 13.1 Å². The van der Waals surface area contributed by atoms with Gasteiger partial charge in [-0.2, -0.15) is 4.98 Å². The van der Waals surface area contributed by atoms with Crippen LogP contribution >= 0.6 is 11.6 Å². The van der Waals surface area contributed by atoms with Gasteiger partial charge in [-0.3, -0.25) is 0 Å².